The van der Waals surface area contributed by atoms with Gasteiger partial charge in [0, 0.05) is 55.7 Å². The van der Waals surface area contributed by atoms with Crippen LogP contribution < -0.4 is 0 Å². The maximum Gasteiger partial charge on any atom is 0.127 e. The molecule has 4 rings (SSSR count). The SMILES string of the molecule is CN1CCN(Cc2ccc3ccc(C#CCc4ccccc4)cc3c2O)CC1. The summed E-state index contributed by atoms with van der Waals surface area (Å²) in [4.78, 5) is 4.75. The van der Waals surface area contributed by atoms with Crippen molar-refractivity contribution >= 4 is 10.8 Å². The molecule has 0 bridgehead atoms. The number of hydrogen-bond donors (Lipinski definition) is 1. The van der Waals surface area contributed by atoms with E-state index >= 15 is 0 Å². The highest BCUT2D eigenvalue weighted by Crippen LogP contribution is 2.30. The van der Waals surface area contributed by atoms with Gasteiger partial charge in [0.1, 0.15) is 5.75 Å². The van der Waals surface area contributed by atoms with Gasteiger partial charge in [-0.2, -0.15) is 0 Å². The number of aromatic hydroxyl groups is 1. The van der Waals surface area contributed by atoms with E-state index < -0.39 is 0 Å². The van der Waals surface area contributed by atoms with Gasteiger partial charge in [-0.1, -0.05) is 60.4 Å². The van der Waals surface area contributed by atoms with E-state index in [0.717, 1.165) is 61.0 Å². The number of phenolic OH excluding ortho intramolecular Hbond substituents is 1. The summed E-state index contributed by atoms with van der Waals surface area (Å²) in [5.74, 6) is 6.88. The van der Waals surface area contributed by atoms with Crippen molar-refractivity contribution in [3.05, 3.63) is 77.4 Å². The number of nitrogens with zero attached hydrogens (tertiary/aromatic N) is 2. The maximum atomic E-state index is 10.9. The summed E-state index contributed by atoms with van der Waals surface area (Å²) in [5.41, 5.74) is 3.15. The smallest absolute Gasteiger partial charge is 0.127 e. The Morgan fingerprint density at radius 2 is 1.68 bits per heavy atom. The molecule has 1 aliphatic rings. The van der Waals surface area contributed by atoms with Gasteiger partial charge in [-0.15, -0.1) is 0 Å². The molecule has 1 saturated heterocycles. The fourth-order valence-corrected chi connectivity index (χ4v) is 3.65. The molecule has 1 aliphatic heterocycles. The van der Waals surface area contributed by atoms with Crippen molar-refractivity contribution in [1.82, 2.24) is 9.80 Å². The fraction of sp³-hybridized carbons (Fsp3) is 0.280. The molecule has 3 nitrogen and oxygen atoms in total. The van der Waals surface area contributed by atoms with E-state index in [1.54, 1.807) is 0 Å². The van der Waals surface area contributed by atoms with Crippen LogP contribution in [0.3, 0.4) is 0 Å². The van der Waals surface area contributed by atoms with Gasteiger partial charge in [-0.3, -0.25) is 4.90 Å². The van der Waals surface area contributed by atoms with E-state index in [4.69, 9.17) is 0 Å². The highest BCUT2D eigenvalue weighted by atomic mass is 16.3. The molecule has 1 fully saturated rings. The molecule has 0 atom stereocenters. The Morgan fingerprint density at radius 1 is 0.929 bits per heavy atom. The van der Waals surface area contributed by atoms with Crippen molar-refractivity contribution < 1.29 is 5.11 Å². The van der Waals surface area contributed by atoms with Crippen LogP contribution in [0.25, 0.3) is 10.8 Å². The topological polar surface area (TPSA) is 26.7 Å². The van der Waals surface area contributed by atoms with Crippen LogP contribution in [0.4, 0.5) is 0 Å². The van der Waals surface area contributed by atoms with Gasteiger partial charge in [-0.05, 0) is 30.1 Å². The lowest BCUT2D eigenvalue weighted by Gasteiger charge is -2.32. The molecule has 0 radical (unpaired) electrons. The minimum Gasteiger partial charge on any atom is -0.507 e. The van der Waals surface area contributed by atoms with E-state index in [1.807, 2.05) is 36.4 Å². The third kappa shape index (κ3) is 4.36. The Hall–Kier alpha value is -2.80. The number of phenols is 1. The Kier molecular flexibility index (Phi) is 5.62. The summed E-state index contributed by atoms with van der Waals surface area (Å²) >= 11 is 0. The van der Waals surface area contributed by atoms with Crippen LogP contribution in [0.2, 0.25) is 0 Å². The minimum atomic E-state index is 0.392. The number of fused-ring (bicyclic) bond motifs is 1. The lowest BCUT2D eigenvalue weighted by molar-refractivity contribution is 0.147. The first-order valence-electron chi connectivity index (χ1n) is 9.87. The molecular formula is C25H26N2O. The average Bonchev–Trinajstić information content (AvgIpc) is 2.73. The van der Waals surface area contributed by atoms with Crippen molar-refractivity contribution in [3.63, 3.8) is 0 Å². The number of benzene rings is 3. The second kappa shape index (κ2) is 8.48. The monoisotopic (exact) mass is 370 g/mol. The van der Waals surface area contributed by atoms with Crippen molar-refractivity contribution in [2.45, 2.75) is 13.0 Å². The Bertz CT molecular complexity index is 1010. The van der Waals surface area contributed by atoms with Crippen molar-refractivity contribution in [3.8, 4) is 17.6 Å². The summed E-state index contributed by atoms with van der Waals surface area (Å²) < 4.78 is 0. The highest BCUT2D eigenvalue weighted by molar-refractivity contribution is 5.90. The second-order valence-electron chi connectivity index (χ2n) is 7.55. The Morgan fingerprint density at radius 3 is 2.46 bits per heavy atom. The molecule has 0 aliphatic carbocycles. The zero-order valence-electron chi connectivity index (χ0n) is 16.4. The van der Waals surface area contributed by atoms with Crippen LogP contribution in [0.15, 0.2) is 60.7 Å². The molecule has 3 aromatic carbocycles. The van der Waals surface area contributed by atoms with Gasteiger partial charge < -0.3 is 10.0 Å². The molecule has 0 aromatic heterocycles. The average molecular weight is 370 g/mol. The van der Waals surface area contributed by atoms with E-state index in [-0.39, 0.29) is 0 Å². The minimum absolute atomic E-state index is 0.392. The molecule has 28 heavy (non-hydrogen) atoms. The van der Waals surface area contributed by atoms with E-state index in [2.05, 4.69) is 53.0 Å². The number of rotatable bonds is 3. The zero-order chi connectivity index (χ0) is 19.3. The van der Waals surface area contributed by atoms with Crippen LogP contribution >= 0.6 is 0 Å². The molecular weight excluding hydrogens is 344 g/mol. The predicted molar refractivity (Wildman–Crippen MR) is 115 cm³/mol. The lowest BCUT2D eigenvalue weighted by atomic mass is 10.0. The van der Waals surface area contributed by atoms with Crippen molar-refractivity contribution in [1.29, 1.82) is 0 Å². The first-order valence-corrected chi connectivity index (χ1v) is 9.87. The van der Waals surface area contributed by atoms with Gasteiger partial charge in [0.15, 0.2) is 0 Å². The molecule has 3 aromatic rings. The predicted octanol–water partition coefficient (Wildman–Crippen LogP) is 3.89. The summed E-state index contributed by atoms with van der Waals surface area (Å²) in [5, 5.41) is 12.8. The first kappa shape index (κ1) is 18.6. The number of piperazine rings is 1. The molecule has 142 valence electrons. The van der Waals surface area contributed by atoms with Gasteiger partial charge in [0.05, 0.1) is 0 Å². The molecule has 3 heteroatoms. The van der Waals surface area contributed by atoms with Gasteiger partial charge >= 0.3 is 0 Å². The van der Waals surface area contributed by atoms with E-state index in [0.29, 0.717) is 5.75 Å². The van der Waals surface area contributed by atoms with Crippen LogP contribution in [0.5, 0.6) is 5.75 Å². The van der Waals surface area contributed by atoms with Gasteiger partial charge in [0.25, 0.3) is 0 Å². The van der Waals surface area contributed by atoms with Gasteiger partial charge in [-0.25, -0.2) is 0 Å². The third-order valence-electron chi connectivity index (χ3n) is 5.43. The van der Waals surface area contributed by atoms with Crippen molar-refractivity contribution in [2.75, 3.05) is 33.2 Å². The van der Waals surface area contributed by atoms with Crippen molar-refractivity contribution in [2.24, 2.45) is 0 Å². The third-order valence-corrected chi connectivity index (χ3v) is 5.43. The lowest BCUT2D eigenvalue weighted by Crippen LogP contribution is -2.43. The highest BCUT2D eigenvalue weighted by Gasteiger charge is 2.16. The van der Waals surface area contributed by atoms with Crippen LogP contribution in [0, 0.1) is 11.8 Å². The number of likely N-dealkylation sites (N-methyl/N-ethyl adjacent to an activating group) is 1. The standard InChI is InChI=1S/C25H26N2O/c1-26-14-16-27(17-15-26)19-23-13-12-22-11-10-21(18-24(22)25(23)28)9-5-8-20-6-3-2-4-7-20/h2-4,6-7,10-13,18,28H,8,14-17,19H2,1H3. The normalized spacial score (nSPS) is 15.3. The number of hydrogen-bond acceptors (Lipinski definition) is 3. The first-order chi connectivity index (χ1) is 13.7. The van der Waals surface area contributed by atoms with E-state index in [1.165, 1.54) is 5.56 Å². The molecule has 0 spiro atoms. The maximum absolute atomic E-state index is 10.9. The van der Waals surface area contributed by atoms with Crippen LogP contribution in [0.1, 0.15) is 16.7 Å². The molecule has 1 heterocycles. The largest absolute Gasteiger partial charge is 0.507 e. The van der Waals surface area contributed by atoms with Gasteiger partial charge in [0.2, 0.25) is 0 Å². The summed E-state index contributed by atoms with van der Waals surface area (Å²) in [6, 6.07) is 20.5. The Labute approximate surface area is 167 Å². The molecule has 0 unspecified atom stereocenters. The fourth-order valence-electron chi connectivity index (χ4n) is 3.65. The van der Waals surface area contributed by atoms with Crippen LogP contribution in [-0.2, 0) is 13.0 Å². The second-order valence-corrected chi connectivity index (χ2v) is 7.55. The van der Waals surface area contributed by atoms with E-state index in [9.17, 15) is 5.11 Å². The van der Waals surface area contributed by atoms with Crippen LogP contribution in [-0.4, -0.2) is 48.1 Å². The summed E-state index contributed by atoms with van der Waals surface area (Å²) in [6.45, 7) is 5.03. The summed E-state index contributed by atoms with van der Waals surface area (Å²) in [7, 11) is 2.16. The molecule has 0 amide bonds. The Balaban J connectivity index is 1.54. The molecule has 0 saturated carbocycles. The quantitative estimate of drug-likeness (QED) is 0.709. The molecule has 1 N–H and O–H groups in total. The zero-order valence-corrected chi connectivity index (χ0v) is 16.4. The summed E-state index contributed by atoms with van der Waals surface area (Å²) in [6.07, 6.45) is 0.730.